The molecule has 0 fully saturated rings. The summed E-state index contributed by atoms with van der Waals surface area (Å²) in [4.78, 5) is 19.5. The van der Waals surface area contributed by atoms with Gasteiger partial charge in [0.2, 0.25) is 5.89 Å². The Labute approximate surface area is 300 Å². The van der Waals surface area contributed by atoms with E-state index >= 15 is 0 Å². The molecular weight excluding hydrogens is 639 g/mol. The third kappa shape index (κ3) is 5.29. The first-order valence-corrected chi connectivity index (χ1v) is 17.5. The molecule has 1 aliphatic carbocycles. The normalized spacial score (nSPS) is 12.9. The van der Waals surface area contributed by atoms with Crippen molar-refractivity contribution >= 4 is 38.5 Å². The highest BCUT2D eigenvalue weighted by Gasteiger charge is 2.17. The second-order valence-electron chi connectivity index (χ2n) is 13.0. The van der Waals surface area contributed by atoms with Crippen LogP contribution in [0.1, 0.15) is 18.7 Å². The van der Waals surface area contributed by atoms with E-state index in [1.807, 2.05) is 54.6 Å². The Kier molecular flexibility index (Phi) is 7.17. The Morgan fingerprint density at radius 1 is 0.481 bits per heavy atom. The predicted molar refractivity (Wildman–Crippen MR) is 210 cm³/mol. The van der Waals surface area contributed by atoms with Crippen LogP contribution in [0.25, 0.3) is 89.5 Å². The van der Waals surface area contributed by atoms with Crippen LogP contribution in [0.5, 0.6) is 0 Å². The molecule has 0 spiro atoms. The van der Waals surface area contributed by atoms with Gasteiger partial charge in [-0.1, -0.05) is 115 Å². The molecule has 0 unspecified atom stereocenters. The molecule has 6 heteroatoms. The molecule has 3 heterocycles. The Morgan fingerprint density at radius 3 is 2.00 bits per heavy atom. The summed E-state index contributed by atoms with van der Waals surface area (Å²) in [7, 11) is 0. The fourth-order valence-electron chi connectivity index (χ4n) is 7.15. The van der Waals surface area contributed by atoms with E-state index in [-0.39, 0.29) is 0 Å². The van der Waals surface area contributed by atoms with Crippen LogP contribution < -0.4 is 0 Å². The van der Waals surface area contributed by atoms with Crippen LogP contribution in [-0.2, 0) is 0 Å². The molecule has 52 heavy (non-hydrogen) atoms. The van der Waals surface area contributed by atoms with Gasteiger partial charge in [0.25, 0.3) is 0 Å². The molecule has 10 rings (SSSR count). The van der Waals surface area contributed by atoms with Gasteiger partial charge in [-0.05, 0) is 72.5 Å². The number of aromatic nitrogens is 5. The van der Waals surface area contributed by atoms with Gasteiger partial charge in [0.05, 0.1) is 11.0 Å². The summed E-state index contributed by atoms with van der Waals surface area (Å²) >= 11 is 0. The van der Waals surface area contributed by atoms with Crippen molar-refractivity contribution in [2.75, 3.05) is 0 Å². The second kappa shape index (κ2) is 12.4. The summed E-state index contributed by atoms with van der Waals surface area (Å²) < 4.78 is 8.47. The molecule has 246 valence electrons. The molecule has 0 atom stereocenters. The SMILES string of the molecule is C1=CC(c2nc(-c3ccccc3)nc(-c3ccc(-c4cccc(-n5c6ccccc6c6cc(-c7nc8ccccc8o7)ccc65)c4)cc3)n2)=CCC1. The minimum atomic E-state index is 0.623. The number of fused-ring (bicyclic) bond motifs is 4. The predicted octanol–water partition coefficient (Wildman–Crippen LogP) is 11.5. The highest BCUT2D eigenvalue weighted by atomic mass is 16.3. The average Bonchev–Trinajstić information content (AvgIpc) is 3.81. The molecule has 0 bridgehead atoms. The van der Waals surface area contributed by atoms with Crippen molar-refractivity contribution in [1.29, 1.82) is 0 Å². The molecule has 9 aromatic rings. The first kappa shape index (κ1) is 29.9. The van der Waals surface area contributed by atoms with Crippen LogP contribution in [0.3, 0.4) is 0 Å². The van der Waals surface area contributed by atoms with Crippen LogP contribution in [0.4, 0.5) is 0 Å². The molecule has 6 nitrogen and oxygen atoms in total. The van der Waals surface area contributed by atoms with Gasteiger partial charge in [-0.15, -0.1) is 0 Å². The molecular formula is C46H31N5O. The third-order valence-electron chi connectivity index (χ3n) is 9.71. The summed E-state index contributed by atoms with van der Waals surface area (Å²) in [6.45, 7) is 0. The molecule has 3 aromatic heterocycles. The number of para-hydroxylation sites is 3. The van der Waals surface area contributed by atoms with E-state index in [0.717, 1.165) is 79.4 Å². The van der Waals surface area contributed by atoms with Gasteiger partial charge in [0, 0.05) is 38.7 Å². The zero-order valence-electron chi connectivity index (χ0n) is 28.1. The fourth-order valence-corrected chi connectivity index (χ4v) is 7.15. The Balaban J connectivity index is 1.02. The first-order valence-electron chi connectivity index (χ1n) is 17.5. The number of benzene rings is 6. The highest BCUT2D eigenvalue weighted by molar-refractivity contribution is 6.10. The van der Waals surface area contributed by atoms with E-state index in [0.29, 0.717) is 23.4 Å². The van der Waals surface area contributed by atoms with Gasteiger partial charge >= 0.3 is 0 Å². The largest absolute Gasteiger partial charge is 0.436 e. The van der Waals surface area contributed by atoms with Crippen LogP contribution in [0.15, 0.2) is 168 Å². The van der Waals surface area contributed by atoms with E-state index in [1.54, 1.807) is 0 Å². The van der Waals surface area contributed by atoms with Crippen molar-refractivity contribution in [3.63, 3.8) is 0 Å². The number of nitrogens with zero attached hydrogens (tertiary/aromatic N) is 5. The fraction of sp³-hybridized carbons (Fsp3) is 0.0435. The van der Waals surface area contributed by atoms with Crippen LogP contribution in [0.2, 0.25) is 0 Å². The van der Waals surface area contributed by atoms with Gasteiger partial charge in [-0.25, -0.2) is 19.9 Å². The smallest absolute Gasteiger partial charge is 0.227 e. The van der Waals surface area contributed by atoms with Gasteiger partial charge in [-0.3, -0.25) is 0 Å². The molecule has 0 saturated heterocycles. The van der Waals surface area contributed by atoms with Crippen molar-refractivity contribution in [2.24, 2.45) is 0 Å². The molecule has 1 aliphatic rings. The van der Waals surface area contributed by atoms with E-state index < -0.39 is 0 Å². The average molecular weight is 670 g/mol. The summed E-state index contributed by atoms with van der Waals surface area (Å²) in [6.07, 6.45) is 8.52. The minimum Gasteiger partial charge on any atom is -0.436 e. The lowest BCUT2D eigenvalue weighted by molar-refractivity contribution is 0.620. The van der Waals surface area contributed by atoms with Crippen molar-refractivity contribution in [3.8, 4) is 51.0 Å². The van der Waals surface area contributed by atoms with Crippen LogP contribution in [-0.4, -0.2) is 24.5 Å². The molecule has 0 aliphatic heterocycles. The van der Waals surface area contributed by atoms with Crippen molar-refractivity contribution in [2.45, 2.75) is 12.8 Å². The maximum atomic E-state index is 6.13. The summed E-state index contributed by atoms with van der Waals surface area (Å²) in [6, 6.07) is 50.2. The highest BCUT2D eigenvalue weighted by Crippen LogP contribution is 2.36. The lowest BCUT2D eigenvalue weighted by Crippen LogP contribution is -2.03. The minimum absolute atomic E-state index is 0.623. The lowest BCUT2D eigenvalue weighted by atomic mass is 10.0. The van der Waals surface area contributed by atoms with Gasteiger partial charge in [0.15, 0.2) is 23.1 Å². The number of hydrogen-bond donors (Lipinski definition) is 0. The first-order chi connectivity index (χ1) is 25.7. The quantitative estimate of drug-likeness (QED) is 0.176. The summed E-state index contributed by atoms with van der Waals surface area (Å²) in [5.41, 5.74) is 11.1. The zero-order valence-corrected chi connectivity index (χ0v) is 28.1. The van der Waals surface area contributed by atoms with E-state index in [2.05, 4.69) is 114 Å². The number of allylic oxidation sites excluding steroid dienone is 4. The maximum Gasteiger partial charge on any atom is 0.227 e. The third-order valence-corrected chi connectivity index (χ3v) is 9.71. The summed E-state index contributed by atoms with van der Waals surface area (Å²) in [5.74, 6) is 2.65. The van der Waals surface area contributed by atoms with Crippen LogP contribution in [0, 0.1) is 0 Å². The monoisotopic (exact) mass is 669 g/mol. The number of rotatable bonds is 6. The van der Waals surface area contributed by atoms with Crippen LogP contribution >= 0.6 is 0 Å². The molecule has 0 saturated carbocycles. The van der Waals surface area contributed by atoms with E-state index in [9.17, 15) is 0 Å². The Hall–Kier alpha value is -6.92. The Morgan fingerprint density at radius 2 is 1.17 bits per heavy atom. The second-order valence-corrected chi connectivity index (χ2v) is 13.0. The molecule has 0 radical (unpaired) electrons. The lowest BCUT2D eigenvalue weighted by Gasteiger charge is -2.12. The Bertz CT molecular complexity index is 2810. The topological polar surface area (TPSA) is 69.6 Å². The molecule has 0 amide bonds. The molecule has 6 aromatic carbocycles. The van der Waals surface area contributed by atoms with Gasteiger partial charge < -0.3 is 8.98 Å². The zero-order chi connectivity index (χ0) is 34.4. The van der Waals surface area contributed by atoms with E-state index in [4.69, 9.17) is 24.4 Å². The van der Waals surface area contributed by atoms with Crippen molar-refractivity contribution in [1.82, 2.24) is 24.5 Å². The van der Waals surface area contributed by atoms with Crippen molar-refractivity contribution in [3.05, 3.63) is 170 Å². The number of hydrogen-bond acceptors (Lipinski definition) is 5. The number of oxazole rings is 1. The maximum absolute atomic E-state index is 6.13. The standard InChI is InChI=1S/C46H31N5O/c1-3-12-31(13-4-1)43-48-44(32-14-5-2-6-15-32)50-45(49-43)33-24-22-30(23-25-33)34-16-11-17-36(28-34)51-40-20-9-7-18-37(40)38-29-35(26-27-41(38)51)46-47-39-19-8-10-21-42(39)52-46/h1,3-5,7-29H,2,6H2. The van der Waals surface area contributed by atoms with Gasteiger partial charge in [0.1, 0.15) is 5.52 Å². The summed E-state index contributed by atoms with van der Waals surface area (Å²) in [5, 5.41) is 2.33. The van der Waals surface area contributed by atoms with Gasteiger partial charge in [-0.2, -0.15) is 0 Å². The van der Waals surface area contributed by atoms with E-state index in [1.165, 1.54) is 5.39 Å². The van der Waals surface area contributed by atoms with Crippen molar-refractivity contribution < 1.29 is 4.42 Å². The molecule has 0 N–H and O–H groups in total.